The number of hydrogen-bond donors (Lipinski definition) is 0. The van der Waals surface area contributed by atoms with E-state index in [9.17, 15) is 0 Å². The first-order valence-electron chi connectivity index (χ1n) is 35.8. The van der Waals surface area contributed by atoms with Crippen molar-refractivity contribution in [3.8, 4) is 0 Å². The summed E-state index contributed by atoms with van der Waals surface area (Å²) in [6.07, 6.45) is 41.1. The average molecular weight is 1420 g/mol. The van der Waals surface area contributed by atoms with E-state index in [1.54, 1.807) is 0 Å². The molecular formula is C80H120F5O5S5. The van der Waals surface area contributed by atoms with Crippen molar-refractivity contribution in [2.75, 3.05) is 33.0 Å². The monoisotopic (exact) mass is 1420 g/mol. The normalized spacial score (nSPS) is 22.8. The summed E-state index contributed by atoms with van der Waals surface area (Å²) in [6, 6.07) is 42.1. The van der Waals surface area contributed by atoms with Gasteiger partial charge in [0, 0.05) is 57.5 Å². The lowest BCUT2D eigenvalue weighted by Crippen LogP contribution is -2.21. The number of hydrogen-bond acceptors (Lipinski definition) is 5. The maximum absolute atomic E-state index is 5.70. The van der Waals surface area contributed by atoms with E-state index < -0.39 is 0 Å². The second kappa shape index (κ2) is 53.5. The van der Waals surface area contributed by atoms with Crippen LogP contribution in [-0.4, -0.2) is 63.6 Å². The summed E-state index contributed by atoms with van der Waals surface area (Å²) < 4.78 is 28.5. The van der Waals surface area contributed by atoms with Crippen molar-refractivity contribution in [3.63, 3.8) is 0 Å². The van der Waals surface area contributed by atoms with Gasteiger partial charge in [-0.15, -0.1) is 0 Å². The Labute approximate surface area is 600 Å². The van der Waals surface area contributed by atoms with Gasteiger partial charge in [0.25, 0.3) is 0 Å². The number of aryl methyl sites for hydroxylation is 5. The largest absolute Gasteiger partial charge is 0.379 e. The summed E-state index contributed by atoms with van der Waals surface area (Å²) in [5.74, 6) is 4.47. The zero-order valence-corrected chi connectivity index (χ0v) is 62.3. The summed E-state index contributed by atoms with van der Waals surface area (Å²) in [6.45, 7) is 14.8. The van der Waals surface area contributed by atoms with Crippen molar-refractivity contribution in [1.82, 2.24) is 0 Å². The molecule has 5 saturated carbocycles. The van der Waals surface area contributed by atoms with Gasteiger partial charge in [0.1, 0.15) is 0 Å². The molecule has 0 N–H and O–H groups in total. The Morgan fingerprint density at radius 1 is 0.221 bits per heavy atom. The zero-order valence-electron chi connectivity index (χ0n) is 58.2. The molecular weight excluding hydrogens is 1300 g/mol. The van der Waals surface area contributed by atoms with Gasteiger partial charge >= 0.3 is 0 Å². The minimum atomic E-state index is 0. The molecule has 95 heavy (non-hydrogen) atoms. The number of rotatable bonds is 25. The van der Waals surface area contributed by atoms with Gasteiger partial charge in [-0.3, -0.25) is 23.5 Å². The molecule has 0 aliphatic heterocycles. The van der Waals surface area contributed by atoms with Crippen LogP contribution in [0.5, 0.6) is 0 Å². The van der Waals surface area contributed by atoms with Gasteiger partial charge in [-0.05, 0) is 345 Å². The number of ether oxygens (including phenoxy) is 5. The van der Waals surface area contributed by atoms with E-state index in [1.807, 2.05) is 60.7 Å². The van der Waals surface area contributed by atoms with Crippen molar-refractivity contribution in [2.45, 2.75) is 282 Å². The number of halogens is 5. The molecule has 0 bridgehead atoms. The van der Waals surface area contributed by atoms with Crippen LogP contribution in [0.4, 0.5) is 23.5 Å². The van der Waals surface area contributed by atoms with Crippen LogP contribution < -0.4 is 0 Å². The second-order valence-electron chi connectivity index (χ2n) is 26.4. The molecule has 0 atom stereocenters. The molecule has 0 heterocycles. The Kier molecular flexibility index (Phi) is 50.5. The molecule has 10 rings (SSSR count). The second-order valence-corrected chi connectivity index (χ2v) is 28.8. The van der Waals surface area contributed by atoms with Gasteiger partial charge in [0.05, 0.1) is 30.5 Å². The maximum atomic E-state index is 5.70. The van der Waals surface area contributed by atoms with Gasteiger partial charge in [-0.25, -0.2) is 0 Å². The molecule has 5 aliphatic rings. The molecule has 5 nitrogen and oxygen atoms in total. The highest BCUT2D eigenvalue weighted by Crippen LogP contribution is 2.34. The van der Waals surface area contributed by atoms with E-state index in [0.717, 1.165) is 87.1 Å². The van der Waals surface area contributed by atoms with E-state index in [4.69, 9.17) is 86.8 Å². The maximum Gasteiger partial charge on any atom is 0.0575 e. The van der Waals surface area contributed by atoms with E-state index in [1.165, 1.54) is 220 Å². The molecule has 0 aromatic heterocycles. The lowest BCUT2D eigenvalue weighted by Gasteiger charge is -2.28. The molecule has 5 fully saturated rings. The molecule has 5 radical (unpaired) electrons. The minimum absolute atomic E-state index is 0. The SMILES string of the molecule is CCO[C@H]1CC[C@H](CCc2ccc([S])cc2)CC1.CCO[C@H]1CC[C@H](CCc2ccc([S])cc2)CC1.CCO[C@H]1CC[C@H](CCc2ccc([S])cc2)CC1.CCO[C@H]1CC[C@H](CCc2ccc([S])cc2)CC1.CCO[C@H]1CC[C@H](CCc2ccc([S])cc2)CC1.F.F.F.F.F. The van der Waals surface area contributed by atoms with E-state index in [0.29, 0.717) is 30.5 Å². The Morgan fingerprint density at radius 2 is 0.347 bits per heavy atom. The fraction of sp³-hybridized carbons (Fsp3) is 0.625. The first-order valence-corrected chi connectivity index (χ1v) is 37.8. The Balaban J connectivity index is 0.000000586. The molecule has 535 valence electrons. The first-order chi connectivity index (χ1) is 43.9. The third-order valence-corrected chi connectivity index (χ3v) is 21.2. The van der Waals surface area contributed by atoms with E-state index >= 15 is 0 Å². The van der Waals surface area contributed by atoms with Crippen molar-refractivity contribution < 1.29 is 47.2 Å². The van der Waals surface area contributed by atoms with Crippen molar-refractivity contribution >= 4 is 63.1 Å². The third-order valence-electron chi connectivity index (χ3n) is 19.8. The fourth-order valence-electron chi connectivity index (χ4n) is 14.2. The molecule has 5 aromatic rings. The molecule has 5 aromatic carbocycles. The van der Waals surface area contributed by atoms with E-state index in [2.05, 4.69) is 95.3 Å². The topological polar surface area (TPSA) is 46.2 Å². The molecule has 0 amide bonds. The standard InChI is InChI=1S/5C16H23OS.5FH/c5*1-2-17-15-9-5-13(6-10-15)3-4-14-7-11-16(18)12-8-14;;;;;/h5*7-8,11-13,15H,2-6,9-10H2,1H3;5*1H/t5*13-,15-;;;;;. The lowest BCUT2D eigenvalue weighted by molar-refractivity contribution is 0.0247. The Hall–Kier alpha value is -3.35. The van der Waals surface area contributed by atoms with Crippen LogP contribution in [0.3, 0.4) is 0 Å². The first kappa shape index (κ1) is 89.7. The molecule has 0 spiro atoms. The fourth-order valence-corrected chi connectivity index (χ4v) is 14.9. The van der Waals surface area contributed by atoms with Crippen LogP contribution in [0.1, 0.15) is 223 Å². The summed E-state index contributed by atoms with van der Waals surface area (Å²) in [5, 5.41) is 0. The van der Waals surface area contributed by atoms with E-state index in [-0.39, 0.29) is 23.5 Å². The van der Waals surface area contributed by atoms with Gasteiger partial charge in [-0.1, -0.05) is 124 Å². The molecule has 5 aliphatic carbocycles. The van der Waals surface area contributed by atoms with Gasteiger partial charge in [-0.2, -0.15) is 0 Å². The van der Waals surface area contributed by atoms with Crippen LogP contribution in [0.15, 0.2) is 146 Å². The van der Waals surface area contributed by atoms with Crippen LogP contribution in [0.25, 0.3) is 0 Å². The Bertz CT molecular complexity index is 2140. The van der Waals surface area contributed by atoms with Crippen LogP contribution in [0, 0.1) is 29.6 Å². The quantitative estimate of drug-likeness (QED) is 0.0545. The highest BCUT2D eigenvalue weighted by Gasteiger charge is 2.25. The summed E-state index contributed by atoms with van der Waals surface area (Å²) >= 11 is 25.5. The van der Waals surface area contributed by atoms with Crippen LogP contribution in [-0.2, 0) is 55.8 Å². The van der Waals surface area contributed by atoms with Crippen molar-refractivity contribution in [1.29, 1.82) is 0 Å². The minimum Gasteiger partial charge on any atom is -0.379 e. The van der Waals surface area contributed by atoms with Gasteiger partial charge < -0.3 is 23.7 Å². The predicted octanol–water partition coefficient (Wildman–Crippen LogP) is 24.6. The molecule has 0 saturated heterocycles. The lowest BCUT2D eigenvalue weighted by atomic mass is 9.84. The van der Waals surface area contributed by atoms with Crippen LogP contribution in [0.2, 0.25) is 0 Å². The van der Waals surface area contributed by atoms with Gasteiger partial charge in [0.15, 0.2) is 0 Å². The summed E-state index contributed by atoms with van der Waals surface area (Å²) in [4.78, 5) is 4.70. The number of benzene rings is 5. The summed E-state index contributed by atoms with van der Waals surface area (Å²) in [5.41, 5.74) is 7.13. The summed E-state index contributed by atoms with van der Waals surface area (Å²) in [7, 11) is 0. The Morgan fingerprint density at radius 3 is 0.463 bits per heavy atom. The highest BCUT2D eigenvalue weighted by atomic mass is 32.1. The average Bonchev–Trinajstić information content (AvgIpc) is 3.77. The van der Waals surface area contributed by atoms with Gasteiger partial charge in [0.2, 0.25) is 0 Å². The van der Waals surface area contributed by atoms with Crippen molar-refractivity contribution in [3.05, 3.63) is 149 Å². The predicted molar refractivity (Wildman–Crippen MR) is 402 cm³/mol. The zero-order chi connectivity index (χ0) is 64.0. The third kappa shape index (κ3) is 38.2. The highest BCUT2D eigenvalue weighted by molar-refractivity contribution is 7.81. The molecule has 15 heteroatoms. The van der Waals surface area contributed by atoms with Crippen molar-refractivity contribution in [2.24, 2.45) is 29.6 Å². The smallest absolute Gasteiger partial charge is 0.0575 e. The van der Waals surface area contributed by atoms with Crippen LogP contribution >= 0.6 is 63.1 Å². The molecule has 0 unspecified atom stereocenters.